The zero-order valence-electron chi connectivity index (χ0n) is 22.7. The average molecular weight is 536 g/mol. The number of nitrogens with one attached hydrogen (secondary N) is 2. The molecule has 2 fully saturated rings. The number of carbonyl (C=O) groups is 1. The van der Waals surface area contributed by atoms with Crippen LogP contribution in [0.4, 0.5) is 10.1 Å². The van der Waals surface area contributed by atoms with Gasteiger partial charge >= 0.3 is 0 Å². The van der Waals surface area contributed by atoms with Gasteiger partial charge in [-0.1, -0.05) is 49.2 Å². The van der Waals surface area contributed by atoms with Gasteiger partial charge in [0.25, 0.3) is 5.91 Å². The molecule has 0 unspecified atom stereocenters. The van der Waals surface area contributed by atoms with Gasteiger partial charge in [-0.05, 0) is 38.3 Å². The molecule has 9 heteroatoms. The summed E-state index contributed by atoms with van der Waals surface area (Å²) in [6.07, 6.45) is 5.92. The molecule has 3 N–H and O–H groups in total. The number of anilines is 1. The minimum atomic E-state index is -0.874. The molecular weight excluding hydrogens is 497 g/mol. The maximum absolute atomic E-state index is 14.6. The van der Waals surface area contributed by atoms with Crippen LogP contribution in [0.2, 0.25) is 0 Å². The zero-order chi connectivity index (χ0) is 27.4. The normalized spacial score (nSPS) is 23.4. The standard InChI is InChI=1S/C30H38FN5O3/c1-30(38)15-7-6-13-25(30)36-20-34-27(28(36)21-9-4-3-5-10-21)29(37)35-18-17-32-19-22(35)14-16-33-23-11-8-12-24(39-2)26(23)31/h3-5,8-12,20,22,25,32-33,38H,6-7,13-19H2,1-2H3/t22-,25-,30+/m1/s1. The smallest absolute Gasteiger partial charge is 0.275 e. The summed E-state index contributed by atoms with van der Waals surface area (Å²) in [6.45, 7) is 4.27. The highest BCUT2D eigenvalue weighted by molar-refractivity contribution is 5.98. The van der Waals surface area contributed by atoms with E-state index in [4.69, 9.17) is 4.74 Å². The lowest BCUT2D eigenvalue weighted by Gasteiger charge is -2.39. The zero-order valence-corrected chi connectivity index (χ0v) is 22.7. The molecule has 1 saturated heterocycles. The lowest BCUT2D eigenvalue weighted by Crippen LogP contribution is -2.54. The summed E-state index contributed by atoms with van der Waals surface area (Å²) in [4.78, 5) is 20.6. The predicted molar refractivity (Wildman–Crippen MR) is 150 cm³/mol. The number of amides is 1. The van der Waals surface area contributed by atoms with Crippen LogP contribution < -0.4 is 15.4 Å². The van der Waals surface area contributed by atoms with Crippen molar-refractivity contribution < 1.29 is 19.0 Å². The molecule has 1 saturated carbocycles. The number of nitrogens with zero attached hydrogens (tertiary/aromatic N) is 3. The van der Waals surface area contributed by atoms with Crippen LogP contribution in [0, 0.1) is 5.82 Å². The van der Waals surface area contributed by atoms with Crippen LogP contribution in [0.25, 0.3) is 11.3 Å². The van der Waals surface area contributed by atoms with Gasteiger partial charge in [-0.3, -0.25) is 4.79 Å². The first kappa shape index (κ1) is 27.1. The van der Waals surface area contributed by atoms with E-state index in [1.54, 1.807) is 24.5 Å². The Morgan fingerprint density at radius 3 is 2.82 bits per heavy atom. The molecule has 8 nitrogen and oxygen atoms in total. The van der Waals surface area contributed by atoms with E-state index in [0.29, 0.717) is 50.4 Å². The molecule has 39 heavy (non-hydrogen) atoms. The fourth-order valence-electron chi connectivity index (χ4n) is 5.97. The quantitative estimate of drug-likeness (QED) is 0.394. The summed E-state index contributed by atoms with van der Waals surface area (Å²) in [5.41, 5.74) is 1.56. The number of aromatic nitrogens is 2. The van der Waals surface area contributed by atoms with Gasteiger partial charge in [0, 0.05) is 37.8 Å². The van der Waals surface area contributed by atoms with Gasteiger partial charge in [0.05, 0.1) is 36.5 Å². The van der Waals surface area contributed by atoms with Gasteiger partial charge in [-0.25, -0.2) is 9.37 Å². The van der Waals surface area contributed by atoms with E-state index in [-0.39, 0.29) is 23.7 Å². The number of halogens is 1. The molecule has 1 amide bonds. The largest absolute Gasteiger partial charge is 0.494 e. The molecule has 1 aliphatic carbocycles. The Labute approximate surface area is 229 Å². The number of aliphatic hydroxyl groups is 1. The molecule has 3 aromatic rings. The lowest BCUT2D eigenvalue weighted by atomic mass is 9.81. The molecule has 0 spiro atoms. The number of methoxy groups -OCH3 is 1. The molecule has 0 radical (unpaired) electrons. The molecule has 5 rings (SSSR count). The Bertz CT molecular complexity index is 1280. The second-order valence-corrected chi connectivity index (χ2v) is 10.7. The Morgan fingerprint density at radius 2 is 2.05 bits per heavy atom. The number of ether oxygens (including phenoxy) is 1. The maximum Gasteiger partial charge on any atom is 0.275 e. The molecule has 1 aromatic heterocycles. The molecule has 3 atom stereocenters. The van der Waals surface area contributed by atoms with Crippen molar-refractivity contribution in [2.24, 2.45) is 0 Å². The summed E-state index contributed by atoms with van der Waals surface area (Å²) in [6, 6.07) is 14.6. The Hall–Kier alpha value is -3.43. The van der Waals surface area contributed by atoms with E-state index in [2.05, 4.69) is 15.6 Å². The van der Waals surface area contributed by atoms with Crippen LogP contribution in [0.1, 0.15) is 55.6 Å². The fourth-order valence-corrected chi connectivity index (χ4v) is 5.97. The van der Waals surface area contributed by atoms with Gasteiger partial charge in [0.15, 0.2) is 17.3 Å². The van der Waals surface area contributed by atoms with Crippen LogP contribution in [-0.4, -0.2) is 70.4 Å². The lowest BCUT2D eigenvalue weighted by molar-refractivity contribution is -0.0243. The van der Waals surface area contributed by atoms with Crippen molar-refractivity contribution >= 4 is 11.6 Å². The van der Waals surface area contributed by atoms with E-state index < -0.39 is 11.4 Å². The minimum absolute atomic E-state index is 0.0843. The highest BCUT2D eigenvalue weighted by Gasteiger charge is 2.39. The molecule has 0 bridgehead atoms. The van der Waals surface area contributed by atoms with Gasteiger partial charge in [0.1, 0.15) is 0 Å². The number of hydrogen-bond donors (Lipinski definition) is 3. The van der Waals surface area contributed by atoms with Crippen LogP contribution >= 0.6 is 0 Å². The third kappa shape index (κ3) is 5.65. The number of hydrogen-bond acceptors (Lipinski definition) is 6. The molecule has 208 valence electrons. The molecule has 2 heterocycles. The number of piperazine rings is 1. The van der Waals surface area contributed by atoms with Crippen molar-refractivity contribution in [3.63, 3.8) is 0 Å². The minimum Gasteiger partial charge on any atom is -0.494 e. The first-order valence-corrected chi connectivity index (χ1v) is 13.8. The topological polar surface area (TPSA) is 91.7 Å². The summed E-state index contributed by atoms with van der Waals surface area (Å²) in [5.74, 6) is -0.356. The second kappa shape index (κ2) is 11.8. The average Bonchev–Trinajstić information content (AvgIpc) is 3.39. The highest BCUT2D eigenvalue weighted by atomic mass is 19.1. The van der Waals surface area contributed by atoms with Crippen molar-refractivity contribution in [1.29, 1.82) is 0 Å². The third-order valence-electron chi connectivity index (χ3n) is 8.09. The van der Waals surface area contributed by atoms with Gasteiger partial charge in [-0.2, -0.15) is 0 Å². The third-order valence-corrected chi connectivity index (χ3v) is 8.09. The van der Waals surface area contributed by atoms with Gasteiger partial charge in [-0.15, -0.1) is 0 Å². The summed E-state index contributed by atoms with van der Waals surface area (Å²) < 4.78 is 21.7. The Kier molecular flexibility index (Phi) is 8.18. The number of benzene rings is 2. The predicted octanol–water partition coefficient (Wildman–Crippen LogP) is 4.48. The first-order chi connectivity index (χ1) is 18.9. The van der Waals surface area contributed by atoms with E-state index in [0.717, 1.165) is 30.5 Å². The molecule has 1 aliphatic heterocycles. The summed E-state index contributed by atoms with van der Waals surface area (Å²) in [7, 11) is 1.44. The molecule has 2 aromatic carbocycles. The van der Waals surface area contributed by atoms with Crippen molar-refractivity contribution in [1.82, 2.24) is 19.8 Å². The fraction of sp³-hybridized carbons (Fsp3) is 0.467. The van der Waals surface area contributed by atoms with Crippen molar-refractivity contribution in [2.45, 2.75) is 56.7 Å². The van der Waals surface area contributed by atoms with Crippen molar-refractivity contribution in [3.05, 3.63) is 66.4 Å². The second-order valence-electron chi connectivity index (χ2n) is 10.7. The van der Waals surface area contributed by atoms with E-state index in [1.165, 1.54) is 7.11 Å². The van der Waals surface area contributed by atoms with Crippen molar-refractivity contribution in [3.8, 4) is 17.0 Å². The van der Waals surface area contributed by atoms with Crippen molar-refractivity contribution in [2.75, 3.05) is 38.6 Å². The van der Waals surface area contributed by atoms with Gasteiger partial charge < -0.3 is 29.9 Å². The SMILES string of the molecule is COc1cccc(NCC[C@@H]2CNCCN2C(=O)c2ncn([C@@H]3CCCC[C@]3(C)O)c2-c2ccccc2)c1F. The maximum atomic E-state index is 14.6. The number of imidazole rings is 1. The van der Waals surface area contributed by atoms with Crippen LogP contribution in [0.15, 0.2) is 54.9 Å². The molecular formula is C30H38FN5O3. The number of carbonyl (C=O) groups excluding carboxylic acids is 1. The molecule has 2 aliphatic rings. The van der Waals surface area contributed by atoms with Crippen LogP contribution in [0.5, 0.6) is 5.75 Å². The summed E-state index contributed by atoms with van der Waals surface area (Å²) in [5, 5.41) is 17.8. The highest BCUT2D eigenvalue weighted by Crippen LogP contribution is 2.40. The van der Waals surface area contributed by atoms with Gasteiger partial charge in [0.2, 0.25) is 0 Å². The first-order valence-electron chi connectivity index (χ1n) is 13.8. The van der Waals surface area contributed by atoms with E-state index >= 15 is 0 Å². The Balaban J connectivity index is 1.39. The van der Waals surface area contributed by atoms with Crippen LogP contribution in [-0.2, 0) is 0 Å². The van der Waals surface area contributed by atoms with E-state index in [1.807, 2.05) is 46.7 Å². The van der Waals surface area contributed by atoms with E-state index in [9.17, 15) is 14.3 Å². The summed E-state index contributed by atoms with van der Waals surface area (Å²) >= 11 is 0. The monoisotopic (exact) mass is 535 g/mol. The Morgan fingerprint density at radius 1 is 1.23 bits per heavy atom. The number of rotatable bonds is 8. The van der Waals surface area contributed by atoms with Crippen LogP contribution in [0.3, 0.4) is 0 Å².